The topological polar surface area (TPSA) is 271 Å². The van der Waals surface area contributed by atoms with Crippen LogP contribution in [0.3, 0.4) is 0 Å². The maximum Gasteiger partial charge on any atom is 0.255 e. The fraction of sp³-hybridized carbons (Fsp3) is 0.551. The third-order valence-electron chi connectivity index (χ3n) is 18.5. The normalized spacial score (nSPS) is 26.6. The number of carbonyl (C=O) groups is 5. The molecule has 0 spiro atoms. The average Bonchev–Trinajstić information content (AvgIpc) is 3.66. The van der Waals surface area contributed by atoms with E-state index in [1.165, 1.54) is 0 Å². The molecule has 4 fully saturated rings. The van der Waals surface area contributed by atoms with Crippen LogP contribution in [-0.4, -0.2) is 127 Å². The zero-order chi connectivity index (χ0) is 62.6. The Morgan fingerprint density at radius 2 is 0.764 bits per heavy atom. The van der Waals surface area contributed by atoms with E-state index < -0.39 is 12.1 Å². The van der Waals surface area contributed by atoms with Crippen molar-refractivity contribution in [2.45, 2.75) is 211 Å². The fourth-order valence-corrected chi connectivity index (χ4v) is 14.1. The van der Waals surface area contributed by atoms with Crippen molar-refractivity contribution in [2.75, 3.05) is 33.0 Å². The smallest absolute Gasteiger partial charge is 0.255 e. The van der Waals surface area contributed by atoms with Gasteiger partial charge in [0.2, 0.25) is 5.91 Å². The number of amides is 5. The third kappa shape index (κ3) is 17.5. The highest BCUT2D eigenvalue weighted by Crippen LogP contribution is 2.34. The summed E-state index contributed by atoms with van der Waals surface area (Å²) in [5, 5.41) is 54.3. The van der Waals surface area contributed by atoms with Crippen molar-refractivity contribution >= 4 is 29.5 Å². The summed E-state index contributed by atoms with van der Waals surface area (Å²) >= 11 is 0. The van der Waals surface area contributed by atoms with Gasteiger partial charge >= 0.3 is 0 Å². The lowest BCUT2D eigenvalue weighted by molar-refractivity contribution is -0.123. The monoisotopic (exact) mass is 1220 g/mol. The van der Waals surface area contributed by atoms with Gasteiger partial charge in [0.25, 0.3) is 23.6 Å². The molecule has 6 aliphatic rings. The van der Waals surface area contributed by atoms with Crippen LogP contribution in [0, 0.1) is 27.7 Å². The van der Waals surface area contributed by atoms with Crippen LogP contribution in [0.5, 0.6) is 23.0 Å². The number of ether oxygens (including phenoxy) is 4. The predicted octanol–water partition coefficient (Wildman–Crippen LogP) is 7.40. The number of aromatic hydroxyl groups is 2. The van der Waals surface area contributed by atoms with Gasteiger partial charge in [0.15, 0.2) is 6.23 Å². The lowest BCUT2D eigenvalue weighted by atomic mass is 9.89. The molecule has 2 aliphatic heterocycles. The molecule has 4 aromatic carbocycles. The Labute approximate surface area is 523 Å². The lowest BCUT2D eigenvalue weighted by Crippen LogP contribution is -2.45. The van der Waals surface area contributed by atoms with E-state index in [1.807, 2.05) is 52.0 Å². The molecule has 10 rings (SSSR count). The molecule has 0 aromatic heterocycles. The van der Waals surface area contributed by atoms with Gasteiger partial charge in [-0.2, -0.15) is 0 Å². The summed E-state index contributed by atoms with van der Waals surface area (Å²) in [7, 11) is 0. The van der Waals surface area contributed by atoms with Gasteiger partial charge in [-0.05, 0) is 172 Å². The molecule has 9 atom stereocenters. The molecule has 11 N–H and O–H groups in total. The second-order valence-electron chi connectivity index (χ2n) is 25.7. The van der Waals surface area contributed by atoms with Crippen molar-refractivity contribution in [3.05, 3.63) is 128 Å². The van der Waals surface area contributed by atoms with Crippen LogP contribution < -0.4 is 57.3 Å². The molecule has 20 nitrogen and oxygen atoms in total. The van der Waals surface area contributed by atoms with Gasteiger partial charge < -0.3 is 77.0 Å². The first kappa shape index (κ1) is 64.9. The Bertz CT molecular complexity index is 3030. The molecular weight excluding hydrogens is 1130 g/mol. The second-order valence-corrected chi connectivity index (χ2v) is 25.7. The van der Waals surface area contributed by atoms with E-state index in [9.17, 15) is 34.2 Å². The first-order chi connectivity index (χ1) is 43.0. The molecule has 89 heavy (non-hydrogen) atoms. The van der Waals surface area contributed by atoms with Gasteiger partial charge in [-0.15, -0.1) is 0 Å². The summed E-state index contributed by atoms with van der Waals surface area (Å²) in [5.74, 6) is -1.36. The van der Waals surface area contributed by atoms with E-state index in [0.29, 0.717) is 63.0 Å². The number of benzene rings is 4. The van der Waals surface area contributed by atoms with E-state index in [2.05, 4.69) is 54.4 Å². The molecule has 480 valence electrons. The third-order valence-corrected chi connectivity index (χ3v) is 18.5. The maximum atomic E-state index is 14.8. The number of rotatable bonds is 2. The number of hydrogen-bond acceptors (Lipinski definition) is 15. The Morgan fingerprint density at radius 3 is 1.09 bits per heavy atom. The average molecular weight is 1220 g/mol. The summed E-state index contributed by atoms with van der Waals surface area (Å²) in [6, 6.07) is 14.4. The van der Waals surface area contributed by atoms with Crippen LogP contribution in [0.4, 0.5) is 0 Å². The molecule has 4 saturated carbocycles. The highest BCUT2D eigenvalue weighted by Gasteiger charge is 2.33. The number of nitrogens with one attached hydrogen (secondary N) is 9. The summed E-state index contributed by atoms with van der Waals surface area (Å²) in [4.78, 5) is 71.8. The van der Waals surface area contributed by atoms with Crippen molar-refractivity contribution in [1.82, 2.24) is 47.9 Å². The Hall–Kier alpha value is -7.07. The zero-order valence-corrected chi connectivity index (χ0v) is 52.3. The quantitative estimate of drug-likeness (QED) is 0.0690. The molecule has 0 radical (unpaired) electrons. The lowest BCUT2D eigenvalue weighted by Gasteiger charge is -2.32. The van der Waals surface area contributed by atoms with Gasteiger partial charge in [0.1, 0.15) is 36.2 Å². The van der Waals surface area contributed by atoms with E-state index in [-0.39, 0.29) is 150 Å². The highest BCUT2D eigenvalue weighted by atomic mass is 16.6. The fourth-order valence-electron chi connectivity index (χ4n) is 14.1. The van der Waals surface area contributed by atoms with Crippen LogP contribution in [0.1, 0.15) is 189 Å². The minimum atomic E-state index is -1.000. The summed E-state index contributed by atoms with van der Waals surface area (Å²) in [5.41, 5.74) is 7.38. The molecule has 9 unspecified atom stereocenters. The highest BCUT2D eigenvalue weighted by molar-refractivity contribution is 6.05. The van der Waals surface area contributed by atoms with E-state index in [0.717, 1.165) is 117 Å². The minimum Gasteiger partial charge on any atom is -0.507 e. The second kappa shape index (κ2) is 30.6. The molecular formula is C69H93N9O11. The van der Waals surface area contributed by atoms with Crippen LogP contribution in [-0.2, 0) is 40.4 Å². The van der Waals surface area contributed by atoms with Gasteiger partial charge in [-0.25, -0.2) is 0 Å². The standard InChI is InChI=1S/C69H93N9O11/c1-6-60(79)78-61-39-86-19-20-88-64-56-27-42(4)28-57(64)67(83)75-53-16-8-12-49(32-53)71-36-45-24-41(3)26-47(63(45)81)38-73-51-14-10-18-55(34-51)77-69(85)59-30-43(5)29-58(65(59)89-22-21-87-61)68(84)76-54-17-9-13-50(33-54)72-37-46-25-40(2)23-44(62(46)80)35-70-48-11-7-15-52(31-48)74-66(56)82/h6,23-30,48-55,61,70-73,80-81H,1,7-22,31-39H2,2-5H3,(H,74,82)(H,75,83)(H,76,84)(H,77,85)(H,78,79). The number of carbonyl (C=O) groups excluding carboxylic acids is 5. The van der Waals surface area contributed by atoms with E-state index >= 15 is 0 Å². The molecule has 4 aliphatic carbocycles. The summed E-state index contributed by atoms with van der Waals surface area (Å²) in [6.45, 7) is 12.6. The minimum absolute atomic E-state index is 0.0336. The Kier molecular flexibility index (Phi) is 22.3. The number of aryl methyl sites for hydroxylation is 4. The van der Waals surface area contributed by atoms with Crippen LogP contribution >= 0.6 is 0 Å². The van der Waals surface area contributed by atoms with E-state index in [4.69, 9.17) is 18.9 Å². The number of fused-ring (bicyclic) bond motifs is 21. The van der Waals surface area contributed by atoms with Gasteiger partial charge in [0, 0.05) is 96.8 Å². The molecule has 0 saturated heterocycles. The number of phenolic OH excluding ortho intramolecular Hbond substituents is 2. The zero-order valence-electron chi connectivity index (χ0n) is 52.3. The van der Waals surface area contributed by atoms with Crippen LogP contribution in [0.25, 0.3) is 0 Å². The van der Waals surface area contributed by atoms with Gasteiger partial charge in [0.05, 0.1) is 42.1 Å². The SMILES string of the molecule is C=CC(=O)NC1COCCOc2c3cc(C)cc2C(=O)NC2CCCC(C2)NCc2cc(C)cc(c2O)CNC2CCCC(C2)NC(=O)c2cc(C)cc(c2OCCO1)C(=O)NC1CCCC(C1)NCc1cc(C)cc(c1O)CNC1CCCC(C1)NC3=O. The maximum absolute atomic E-state index is 14.8. The molecule has 20 heteroatoms. The van der Waals surface area contributed by atoms with Crippen molar-refractivity contribution < 1.29 is 53.1 Å². The predicted molar refractivity (Wildman–Crippen MR) is 339 cm³/mol. The van der Waals surface area contributed by atoms with E-state index in [1.54, 1.807) is 24.3 Å². The summed E-state index contributed by atoms with van der Waals surface area (Å²) < 4.78 is 25.3. The molecule has 5 amide bonds. The Morgan fingerprint density at radius 1 is 0.461 bits per heavy atom. The van der Waals surface area contributed by atoms with Crippen LogP contribution in [0.2, 0.25) is 0 Å². The first-order valence-corrected chi connectivity index (χ1v) is 32.5. The Balaban J connectivity index is 0.994. The molecule has 14 bridgehead atoms. The molecule has 2 heterocycles. The van der Waals surface area contributed by atoms with Crippen molar-refractivity contribution in [3.8, 4) is 23.0 Å². The number of phenols is 2. The van der Waals surface area contributed by atoms with Crippen LogP contribution in [0.15, 0.2) is 61.2 Å². The summed E-state index contributed by atoms with van der Waals surface area (Å²) in [6.07, 6.45) is 12.7. The largest absolute Gasteiger partial charge is 0.507 e. The first-order valence-electron chi connectivity index (χ1n) is 32.5. The molecule has 4 aromatic rings. The van der Waals surface area contributed by atoms with Crippen molar-refractivity contribution in [3.63, 3.8) is 0 Å². The number of hydrogen-bond donors (Lipinski definition) is 11. The van der Waals surface area contributed by atoms with Crippen molar-refractivity contribution in [2.24, 2.45) is 0 Å². The van der Waals surface area contributed by atoms with Gasteiger partial charge in [-0.1, -0.05) is 42.0 Å². The van der Waals surface area contributed by atoms with Gasteiger partial charge in [-0.3, -0.25) is 24.0 Å². The van der Waals surface area contributed by atoms with Crippen molar-refractivity contribution in [1.29, 1.82) is 0 Å².